The predicted molar refractivity (Wildman–Crippen MR) is 122 cm³/mol. The van der Waals surface area contributed by atoms with Gasteiger partial charge in [0.2, 0.25) is 11.0 Å². The summed E-state index contributed by atoms with van der Waals surface area (Å²) in [4.78, 5) is 31.3. The van der Waals surface area contributed by atoms with E-state index >= 15 is 0 Å². The molecular weight excluding hydrogens is 442 g/mol. The summed E-state index contributed by atoms with van der Waals surface area (Å²) in [6.07, 6.45) is 2.62. The van der Waals surface area contributed by atoms with Crippen molar-refractivity contribution in [1.29, 1.82) is 0 Å². The van der Waals surface area contributed by atoms with Crippen molar-refractivity contribution < 1.29 is 4.79 Å². The molecule has 0 fully saturated rings. The van der Waals surface area contributed by atoms with Crippen LogP contribution in [0.3, 0.4) is 0 Å². The Morgan fingerprint density at radius 2 is 2.00 bits per heavy atom. The molecule has 1 unspecified atom stereocenters. The van der Waals surface area contributed by atoms with E-state index in [1.165, 1.54) is 33.6 Å². The Kier molecular flexibility index (Phi) is 5.94. The number of anilines is 1. The number of nitrogens with zero attached hydrogens (tertiary/aromatic N) is 4. The van der Waals surface area contributed by atoms with Crippen LogP contribution in [0.5, 0.6) is 0 Å². The predicted octanol–water partition coefficient (Wildman–Crippen LogP) is 4.78. The van der Waals surface area contributed by atoms with Crippen LogP contribution < -0.4 is 10.9 Å². The normalized spacial score (nSPS) is 12.2. The van der Waals surface area contributed by atoms with Crippen LogP contribution in [0.2, 0.25) is 5.02 Å². The summed E-state index contributed by atoms with van der Waals surface area (Å²) in [5.74, 6) is -0.317. The fourth-order valence-corrected chi connectivity index (χ4v) is 4.87. The minimum atomic E-state index is -0.707. The average Bonchev–Trinajstić information content (AvgIpc) is 3.38. The number of carbonyl (C=O) groups is 1. The molecule has 3 heterocycles. The standard InChI is InChI=1S/C20H18ClN5O2S2/c1-3-14(17(27)23-20-25-24-15(4-2)30-20)26-10-22-18-16(19(26)28)13(9-29-18)11-5-7-12(21)8-6-11/h5-10,14H,3-4H2,1-2H3,(H,23,25,27). The van der Waals surface area contributed by atoms with Crippen molar-refractivity contribution in [3.8, 4) is 11.1 Å². The molecule has 4 rings (SSSR count). The van der Waals surface area contributed by atoms with Crippen molar-refractivity contribution in [3.63, 3.8) is 0 Å². The second-order valence-electron chi connectivity index (χ2n) is 6.56. The molecule has 1 amide bonds. The molecule has 0 aliphatic rings. The van der Waals surface area contributed by atoms with Crippen molar-refractivity contribution in [1.82, 2.24) is 19.7 Å². The van der Waals surface area contributed by atoms with Crippen LogP contribution in [-0.2, 0) is 11.2 Å². The van der Waals surface area contributed by atoms with Crippen LogP contribution in [0.15, 0.2) is 40.8 Å². The Morgan fingerprint density at radius 1 is 1.23 bits per heavy atom. The van der Waals surface area contributed by atoms with Crippen LogP contribution in [0.1, 0.15) is 31.3 Å². The molecule has 0 aliphatic carbocycles. The van der Waals surface area contributed by atoms with E-state index in [0.717, 1.165) is 22.6 Å². The number of thiophene rings is 1. The summed E-state index contributed by atoms with van der Waals surface area (Å²) in [7, 11) is 0. The molecule has 0 bridgehead atoms. The molecule has 4 aromatic rings. The number of aryl methyl sites for hydroxylation is 1. The smallest absolute Gasteiger partial charge is 0.263 e. The van der Waals surface area contributed by atoms with Gasteiger partial charge in [-0.2, -0.15) is 0 Å². The summed E-state index contributed by atoms with van der Waals surface area (Å²) in [5, 5.41) is 15.1. The number of rotatable bonds is 6. The first kappa shape index (κ1) is 20.6. The molecule has 7 nitrogen and oxygen atoms in total. The number of benzene rings is 1. The summed E-state index contributed by atoms with van der Waals surface area (Å²) in [6.45, 7) is 3.83. The summed E-state index contributed by atoms with van der Waals surface area (Å²) in [6, 6.07) is 6.59. The SMILES string of the molecule is CCc1nnc(NC(=O)C(CC)n2cnc3scc(-c4ccc(Cl)cc4)c3c2=O)s1. The first-order chi connectivity index (χ1) is 14.5. The molecule has 1 N–H and O–H groups in total. The van der Waals surface area contributed by atoms with Gasteiger partial charge in [-0.25, -0.2) is 4.98 Å². The molecule has 30 heavy (non-hydrogen) atoms. The lowest BCUT2D eigenvalue weighted by atomic mass is 10.1. The van der Waals surface area contributed by atoms with E-state index in [4.69, 9.17) is 11.6 Å². The van der Waals surface area contributed by atoms with E-state index in [9.17, 15) is 9.59 Å². The second-order valence-corrected chi connectivity index (χ2v) is 8.92. The molecule has 1 atom stereocenters. The maximum atomic E-state index is 13.4. The summed E-state index contributed by atoms with van der Waals surface area (Å²) in [5.41, 5.74) is 1.41. The van der Waals surface area contributed by atoms with Crippen molar-refractivity contribution in [2.45, 2.75) is 32.7 Å². The summed E-state index contributed by atoms with van der Waals surface area (Å²) >= 11 is 8.72. The average molecular weight is 460 g/mol. The zero-order valence-corrected chi connectivity index (χ0v) is 18.6. The largest absolute Gasteiger partial charge is 0.299 e. The lowest BCUT2D eigenvalue weighted by Gasteiger charge is -2.16. The van der Waals surface area contributed by atoms with Gasteiger partial charge in [0.1, 0.15) is 15.9 Å². The molecule has 0 saturated carbocycles. The Bertz CT molecular complexity index is 1260. The Labute approximate surface area is 185 Å². The van der Waals surface area contributed by atoms with Gasteiger partial charge in [-0.1, -0.05) is 48.9 Å². The Hall–Kier alpha value is -2.62. The number of amides is 1. The first-order valence-electron chi connectivity index (χ1n) is 9.39. The zero-order chi connectivity index (χ0) is 21.3. The van der Waals surface area contributed by atoms with Gasteiger partial charge in [-0.15, -0.1) is 21.5 Å². The molecule has 10 heteroatoms. The topological polar surface area (TPSA) is 89.8 Å². The number of nitrogens with one attached hydrogen (secondary N) is 1. The van der Waals surface area contributed by atoms with Crippen LogP contribution in [0, 0.1) is 0 Å². The van der Waals surface area contributed by atoms with Gasteiger partial charge in [0.15, 0.2) is 0 Å². The number of carbonyl (C=O) groups excluding carboxylic acids is 1. The summed E-state index contributed by atoms with van der Waals surface area (Å²) < 4.78 is 1.39. The molecule has 1 aromatic carbocycles. The lowest BCUT2D eigenvalue weighted by molar-refractivity contribution is -0.119. The number of hydrogen-bond donors (Lipinski definition) is 1. The highest BCUT2D eigenvalue weighted by Crippen LogP contribution is 2.31. The van der Waals surface area contributed by atoms with E-state index in [2.05, 4.69) is 20.5 Å². The molecule has 3 aromatic heterocycles. The maximum absolute atomic E-state index is 13.4. The molecule has 0 radical (unpaired) electrons. The second kappa shape index (κ2) is 8.63. The van der Waals surface area contributed by atoms with E-state index in [-0.39, 0.29) is 11.5 Å². The Morgan fingerprint density at radius 3 is 2.67 bits per heavy atom. The van der Waals surface area contributed by atoms with Gasteiger partial charge < -0.3 is 0 Å². The highest BCUT2D eigenvalue weighted by molar-refractivity contribution is 7.17. The first-order valence-corrected chi connectivity index (χ1v) is 11.5. The van der Waals surface area contributed by atoms with Crippen molar-refractivity contribution in [3.05, 3.63) is 56.4 Å². The third-order valence-corrected chi connectivity index (χ3v) is 6.82. The number of fused-ring (bicyclic) bond motifs is 1. The molecule has 0 saturated heterocycles. The van der Waals surface area contributed by atoms with Gasteiger partial charge in [-0.05, 0) is 30.5 Å². The van der Waals surface area contributed by atoms with Gasteiger partial charge in [0, 0.05) is 16.0 Å². The van der Waals surface area contributed by atoms with Crippen LogP contribution >= 0.6 is 34.3 Å². The zero-order valence-electron chi connectivity index (χ0n) is 16.3. The molecule has 0 aliphatic heterocycles. The van der Waals surface area contributed by atoms with Crippen molar-refractivity contribution >= 4 is 55.5 Å². The number of halogens is 1. The third kappa shape index (κ3) is 3.88. The van der Waals surface area contributed by atoms with Crippen LogP contribution in [-0.4, -0.2) is 25.7 Å². The molecule has 154 valence electrons. The van der Waals surface area contributed by atoms with Crippen LogP contribution in [0.25, 0.3) is 21.3 Å². The van der Waals surface area contributed by atoms with Gasteiger partial charge in [0.25, 0.3) is 5.56 Å². The maximum Gasteiger partial charge on any atom is 0.263 e. The fraction of sp³-hybridized carbons (Fsp3) is 0.250. The fourth-order valence-electron chi connectivity index (χ4n) is 3.15. The highest BCUT2D eigenvalue weighted by atomic mass is 35.5. The quantitative estimate of drug-likeness (QED) is 0.448. The third-order valence-electron chi connectivity index (χ3n) is 4.70. The monoisotopic (exact) mass is 459 g/mol. The molecule has 0 spiro atoms. The minimum Gasteiger partial charge on any atom is -0.299 e. The van der Waals surface area contributed by atoms with Gasteiger partial charge in [-0.3, -0.25) is 19.5 Å². The highest BCUT2D eigenvalue weighted by Gasteiger charge is 2.23. The van der Waals surface area contributed by atoms with E-state index in [1.807, 2.05) is 31.4 Å². The van der Waals surface area contributed by atoms with Crippen molar-refractivity contribution in [2.24, 2.45) is 0 Å². The molecular formula is C20H18ClN5O2S2. The van der Waals surface area contributed by atoms with Crippen molar-refractivity contribution in [2.75, 3.05) is 5.32 Å². The van der Waals surface area contributed by atoms with Crippen LogP contribution in [0.4, 0.5) is 5.13 Å². The van der Waals surface area contributed by atoms with E-state index in [0.29, 0.717) is 26.8 Å². The number of hydrogen-bond acceptors (Lipinski definition) is 7. The van der Waals surface area contributed by atoms with E-state index in [1.54, 1.807) is 12.1 Å². The van der Waals surface area contributed by atoms with Gasteiger partial charge in [0.05, 0.1) is 11.7 Å². The minimum absolute atomic E-state index is 0.250. The lowest BCUT2D eigenvalue weighted by Crippen LogP contribution is -2.33. The Balaban J connectivity index is 1.72. The van der Waals surface area contributed by atoms with E-state index < -0.39 is 6.04 Å². The number of aromatic nitrogens is 4. The van der Waals surface area contributed by atoms with Gasteiger partial charge >= 0.3 is 0 Å².